The number of sulfone groups is 1. The van der Waals surface area contributed by atoms with E-state index < -0.39 is 9.84 Å². The zero-order valence-electron chi connectivity index (χ0n) is 9.76. The van der Waals surface area contributed by atoms with Crippen molar-refractivity contribution < 1.29 is 8.42 Å². The first-order chi connectivity index (χ1) is 6.39. The van der Waals surface area contributed by atoms with Crippen molar-refractivity contribution in [3.05, 3.63) is 0 Å². The maximum absolute atomic E-state index is 10.9. The third-order valence-electron chi connectivity index (χ3n) is 3.00. The average molecular weight is 221 g/mol. The highest BCUT2D eigenvalue weighted by atomic mass is 32.2. The third-order valence-corrected chi connectivity index (χ3v) is 3.95. The van der Waals surface area contributed by atoms with Crippen molar-refractivity contribution in [2.45, 2.75) is 45.6 Å². The van der Waals surface area contributed by atoms with Gasteiger partial charge in [-0.3, -0.25) is 0 Å². The molecule has 0 radical (unpaired) electrons. The molecule has 3 nitrogen and oxygen atoms in total. The normalized spacial score (nSPS) is 13.1. The molecular formula is C10H23NO2S. The van der Waals surface area contributed by atoms with E-state index in [0.717, 1.165) is 19.3 Å². The molecule has 0 rings (SSSR count). The van der Waals surface area contributed by atoms with Crippen LogP contribution in [0.1, 0.15) is 40.0 Å². The SMILES string of the molecule is CCC(CC)(CC)NCCS(C)(=O)=O. The molecule has 0 saturated heterocycles. The molecule has 0 fully saturated rings. The quantitative estimate of drug-likeness (QED) is 0.710. The molecule has 0 heterocycles. The van der Waals surface area contributed by atoms with Crippen LogP contribution in [-0.4, -0.2) is 32.5 Å². The van der Waals surface area contributed by atoms with E-state index in [-0.39, 0.29) is 11.3 Å². The summed E-state index contributed by atoms with van der Waals surface area (Å²) in [5.74, 6) is 0.231. The van der Waals surface area contributed by atoms with E-state index in [1.165, 1.54) is 6.26 Å². The molecule has 0 saturated carbocycles. The summed E-state index contributed by atoms with van der Waals surface area (Å²) >= 11 is 0. The van der Waals surface area contributed by atoms with E-state index in [1.54, 1.807) is 0 Å². The smallest absolute Gasteiger partial charge is 0.148 e. The van der Waals surface area contributed by atoms with Gasteiger partial charge < -0.3 is 5.32 Å². The van der Waals surface area contributed by atoms with Gasteiger partial charge in [-0.25, -0.2) is 8.42 Å². The minimum Gasteiger partial charge on any atom is -0.310 e. The summed E-state index contributed by atoms with van der Waals surface area (Å²) in [5, 5.41) is 3.36. The Balaban J connectivity index is 4.08. The lowest BCUT2D eigenvalue weighted by Gasteiger charge is -2.31. The van der Waals surface area contributed by atoms with Gasteiger partial charge in [0.1, 0.15) is 9.84 Å². The second kappa shape index (κ2) is 5.71. The van der Waals surface area contributed by atoms with Crippen LogP contribution in [0.2, 0.25) is 0 Å². The maximum Gasteiger partial charge on any atom is 0.148 e. The number of hydrogen-bond donors (Lipinski definition) is 1. The van der Waals surface area contributed by atoms with Gasteiger partial charge in [0, 0.05) is 18.3 Å². The minimum absolute atomic E-state index is 0.130. The van der Waals surface area contributed by atoms with Crippen molar-refractivity contribution in [2.75, 3.05) is 18.6 Å². The first kappa shape index (κ1) is 13.9. The fourth-order valence-electron chi connectivity index (χ4n) is 1.63. The molecule has 0 aliphatic rings. The van der Waals surface area contributed by atoms with Crippen molar-refractivity contribution in [3.63, 3.8) is 0 Å². The maximum atomic E-state index is 10.9. The minimum atomic E-state index is -2.83. The van der Waals surface area contributed by atoms with Crippen LogP contribution in [0.25, 0.3) is 0 Å². The van der Waals surface area contributed by atoms with Gasteiger partial charge in [0.25, 0.3) is 0 Å². The van der Waals surface area contributed by atoms with E-state index in [4.69, 9.17) is 0 Å². The monoisotopic (exact) mass is 221 g/mol. The predicted molar refractivity (Wildman–Crippen MR) is 61.3 cm³/mol. The molecule has 0 aliphatic heterocycles. The second-order valence-electron chi connectivity index (χ2n) is 3.90. The summed E-state index contributed by atoms with van der Waals surface area (Å²) in [6.07, 6.45) is 4.41. The predicted octanol–water partition coefficient (Wildman–Crippen LogP) is 1.59. The molecular weight excluding hydrogens is 198 g/mol. The van der Waals surface area contributed by atoms with Gasteiger partial charge >= 0.3 is 0 Å². The Labute approximate surface area is 88.2 Å². The van der Waals surface area contributed by atoms with Crippen LogP contribution in [0.5, 0.6) is 0 Å². The molecule has 0 atom stereocenters. The number of rotatable bonds is 7. The summed E-state index contributed by atoms with van der Waals surface area (Å²) in [4.78, 5) is 0. The van der Waals surface area contributed by atoms with Crippen molar-refractivity contribution >= 4 is 9.84 Å². The zero-order chi connectivity index (χ0) is 11.2. The zero-order valence-corrected chi connectivity index (χ0v) is 10.6. The number of nitrogens with one attached hydrogen (secondary N) is 1. The molecule has 0 aromatic heterocycles. The Bertz CT molecular complexity index is 235. The van der Waals surface area contributed by atoms with E-state index in [0.29, 0.717) is 6.54 Å². The van der Waals surface area contributed by atoms with Crippen LogP contribution in [-0.2, 0) is 9.84 Å². The van der Waals surface area contributed by atoms with Crippen molar-refractivity contribution in [2.24, 2.45) is 0 Å². The fourth-order valence-corrected chi connectivity index (χ4v) is 2.10. The van der Waals surface area contributed by atoms with Gasteiger partial charge in [-0.2, -0.15) is 0 Å². The third kappa shape index (κ3) is 4.96. The van der Waals surface area contributed by atoms with Gasteiger partial charge in [0.2, 0.25) is 0 Å². The van der Waals surface area contributed by atoms with Gasteiger partial charge in [0.15, 0.2) is 0 Å². The molecule has 0 aromatic carbocycles. The van der Waals surface area contributed by atoms with Gasteiger partial charge in [0.05, 0.1) is 5.75 Å². The van der Waals surface area contributed by atoms with E-state index in [2.05, 4.69) is 26.1 Å². The topological polar surface area (TPSA) is 46.2 Å². The van der Waals surface area contributed by atoms with E-state index >= 15 is 0 Å². The highest BCUT2D eigenvalue weighted by Crippen LogP contribution is 2.18. The highest BCUT2D eigenvalue weighted by Gasteiger charge is 2.22. The average Bonchev–Trinajstić information content (AvgIpc) is 2.11. The first-order valence-corrected chi connectivity index (χ1v) is 7.38. The standard InChI is InChI=1S/C10H23NO2S/c1-5-10(6-2,7-3)11-8-9-14(4,12)13/h11H,5-9H2,1-4H3. The summed E-state index contributed by atoms with van der Waals surface area (Å²) in [6, 6.07) is 0. The Morgan fingerprint density at radius 3 is 1.79 bits per heavy atom. The van der Waals surface area contributed by atoms with Crippen LogP contribution in [0, 0.1) is 0 Å². The highest BCUT2D eigenvalue weighted by molar-refractivity contribution is 7.90. The second-order valence-corrected chi connectivity index (χ2v) is 6.16. The molecule has 0 aliphatic carbocycles. The summed E-state index contributed by atoms with van der Waals surface area (Å²) < 4.78 is 21.9. The lowest BCUT2D eigenvalue weighted by atomic mass is 9.90. The van der Waals surface area contributed by atoms with E-state index in [1.807, 2.05) is 0 Å². The molecule has 0 amide bonds. The van der Waals surface area contributed by atoms with Crippen LogP contribution in [0.3, 0.4) is 0 Å². The first-order valence-electron chi connectivity index (χ1n) is 5.32. The molecule has 14 heavy (non-hydrogen) atoms. The molecule has 0 unspecified atom stereocenters. The lowest BCUT2D eigenvalue weighted by Crippen LogP contribution is -2.45. The molecule has 0 spiro atoms. The Morgan fingerprint density at radius 2 is 1.50 bits per heavy atom. The number of hydrogen-bond acceptors (Lipinski definition) is 3. The summed E-state index contributed by atoms with van der Waals surface area (Å²) in [7, 11) is -2.83. The van der Waals surface area contributed by atoms with Crippen LogP contribution < -0.4 is 5.32 Å². The lowest BCUT2D eigenvalue weighted by molar-refractivity contribution is 0.297. The van der Waals surface area contributed by atoms with Crippen LogP contribution in [0.15, 0.2) is 0 Å². The fraction of sp³-hybridized carbons (Fsp3) is 1.00. The van der Waals surface area contributed by atoms with Crippen molar-refractivity contribution in [3.8, 4) is 0 Å². The summed E-state index contributed by atoms with van der Waals surface area (Å²) in [5.41, 5.74) is 0.130. The Hall–Kier alpha value is -0.0900. The van der Waals surface area contributed by atoms with E-state index in [9.17, 15) is 8.42 Å². The Kier molecular flexibility index (Phi) is 5.67. The molecule has 0 aromatic rings. The molecule has 4 heteroatoms. The van der Waals surface area contributed by atoms with Crippen molar-refractivity contribution in [1.29, 1.82) is 0 Å². The van der Waals surface area contributed by atoms with Crippen LogP contribution >= 0.6 is 0 Å². The largest absolute Gasteiger partial charge is 0.310 e. The van der Waals surface area contributed by atoms with Gasteiger partial charge in [-0.05, 0) is 19.3 Å². The van der Waals surface area contributed by atoms with Crippen molar-refractivity contribution in [1.82, 2.24) is 5.32 Å². The van der Waals surface area contributed by atoms with Crippen LogP contribution in [0.4, 0.5) is 0 Å². The molecule has 0 bridgehead atoms. The summed E-state index contributed by atoms with van der Waals surface area (Å²) in [6.45, 7) is 6.98. The molecule has 1 N–H and O–H groups in total. The Morgan fingerprint density at radius 1 is 1.07 bits per heavy atom. The molecule has 86 valence electrons. The van der Waals surface area contributed by atoms with Gasteiger partial charge in [-0.1, -0.05) is 20.8 Å². The van der Waals surface area contributed by atoms with Gasteiger partial charge in [-0.15, -0.1) is 0 Å².